The van der Waals surface area contributed by atoms with Crippen molar-refractivity contribution in [3.63, 3.8) is 0 Å². The van der Waals surface area contributed by atoms with Crippen molar-refractivity contribution in [1.82, 2.24) is 0 Å². The van der Waals surface area contributed by atoms with Crippen LogP contribution in [0.5, 0.6) is 0 Å². The second-order valence-electron chi connectivity index (χ2n) is 6.73. The molecule has 1 unspecified atom stereocenters. The lowest BCUT2D eigenvalue weighted by atomic mass is 9.92. The number of allylic oxidation sites excluding steroid dienone is 2. The molecule has 0 aliphatic heterocycles. The summed E-state index contributed by atoms with van der Waals surface area (Å²) in [5.74, 6) is -0.586. The van der Waals surface area contributed by atoms with E-state index in [0.717, 1.165) is 25.7 Å². The maximum Gasteiger partial charge on any atom is 0.249 e. The fraction of sp³-hybridized carbons (Fsp3) is 0.850. The van der Waals surface area contributed by atoms with Crippen molar-refractivity contribution in [3.05, 3.63) is 12.2 Å². The number of carbonyl (C=O) groups is 1. The van der Waals surface area contributed by atoms with Crippen molar-refractivity contribution in [1.29, 1.82) is 0 Å². The van der Waals surface area contributed by atoms with Gasteiger partial charge in [0.1, 0.15) is 5.60 Å². The van der Waals surface area contributed by atoms with Crippen LogP contribution in [-0.2, 0) is 4.79 Å². The Morgan fingerprint density at radius 1 is 0.870 bits per heavy atom. The number of rotatable bonds is 16. The molecular weight excluding hydrogens is 286 g/mol. The number of nitrogens with two attached hydrogens (primary N) is 1. The highest BCUT2D eigenvalue weighted by molar-refractivity contribution is 5.82. The second-order valence-corrected chi connectivity index (χ2v) is 6.73. The summed E-state index contributed by atoms with van der Waals surface area (Å²) in [6.45, 7) is 4.06. The number of primary amides is 1. The first-order valence-corrected chi connectivity index (χ1v) is 9.74. The van der Waals surface area contributed by atoms with Crippen molar-refractivity contribution in [2.24, 2.45) is 5.73 Å². The predicted molar refractivity (Wildman–Crippen MR) is 99.3 cm³/mol. The van der Waals surface area contributed by atoms with Crippen molar-refractivity contribution in [2.45, 2.75) is 109 Å². The van der Waals surface area contributed by atoms with Crippen molar-refractivity contribution < 1.29 is 9.90 Å². The molecule has 0 bridgehead atoms. The highest BCUT2D eigenvalue weighted by Gasteiger charge is 2.30. The number of aliphatic hydroxyl groups is 1. The minimum absolute atomic E-state index is 0.406. The van der Waals surface area contributed by atoms with Gasteiger partial charge in [-0.1, -0.05) is 77.4 Å². The summed E-state index contributed by atoms with van der Waals surface area (Å²) < 4.78 is 0. The van der Waals surface area contributed by atoms with E-state index in [-0.39, 0.29) is 0 Å². The Morgan fingerprint density at radius 2 is 1.35 bits per heavy atom. The van der Waals surface area contributed by atoms with Crippen LogP contribution < -0.4 is 5.73 Å². The van der Waals surface area contributed by atoms with Crippen LogP contribution in [0.1, 0.15) is 104 Å². The number of unbranched alkanes of at least 4 members (excludes halogenated alkanes) is 10. The van der Waals surface area contributed by atoms with Gasteiger partial charge in [0.05, 0.1) is 0 Å². The molecule has 1 amide bonds. The summed E-state index contributed by atoms with van der Waals surface area (Å²) in [5.41, 5.74) is 3.94. The lowest BCUT2D eigenvalue weighted by Gasteiger charge is -2.22. The summed E-state index contributed by atoms with van der Waals surface area (Å²) in [4.78, 5) is 11.2. The first-order valence-electron chi connectivity index (χ1n) is 9.74. The quantitative estimate of drug-likeness (QED) is 0.300. The second kappa shape index (κ2) is 14.7. The van der Waals surface area contributed by atoms with Crippen molar-refractivity contribution in [3.8, 4) is 0 Å². The minimum atomic E-state index is -1.29. The summed E-state index contributed by atoms with van der Waals surface area (Å²) in [6.07, 6.45) is 20.3. The third-order valence-electron chi connectivity index (χ3n) is 4.65. The Hall–Kier alpha value is -0.830. The van der Waals surface area contributed by atoms with E-state index in [0.29, 0.717) is 12.8 Å². The molecule has 0 aromatic heterocycles. The van der Waals surface area contributed by atoms with Gasteiger partial charge in [-0.15, -0.1) is 0 Å². The molecule has 3 N–H and O–H groups in total. The molecule has 0 saturated carbocycles. The van der Waals surface area contributed by atoms with Gasteiger partial charge in [-0.05, 0) is 38.5 Å². The lowest BCUT2D eigenvalue weighted by Crippen LogP contribution is -2.43. The van der Waals surface area contributed by atoms with E-state index in [1.54, 1.807) is 6.92 Å². The summed E-state index contributed by atoms with van der Waals surface area (Å²) in [5, 5.41) is 10.0. The lowest BCUT2D eigenvalue weighted by molar-refractivity contribution is -0.137. The molecule has 3 nitrogen and oxygen atoms in total. The molecule has 1 atom stereocenters. The molecule has 0 rings (SSSR count). The van der Waals surface area contributed by atoms with E-state index in [1.165, 1.54) is 51.4 Å². The number of hydrogen-bond acceptors (Lipinski definition) is 2. The van der Waals surface area contributed by atoms with Gasteiger partial charge in [-0.3, -0.25) is 4.79 Å². The Labute approximate surface area is 143 Å². The molecule has 0 aromatic rings. The molecule has 0 fully saturated rings. The van der Waals surface area contributed by atoms with Crippen LogP contribution in [0, 0.1) is 0 Å². The largest absolute Gasteiger partial charge is 0.380 e. The van der Waals surface area contributed by atoms with Gasteiger partial charge in [0.2, 0.25) is 5.91 Å². The van der Waals surface area contributed by atoms with E-state index in [2.05, 4.69) is 19.1 Å². The Bertz CT molecular complexity index is 315. The zero-order valence-corrected chi connectivity index (χ0v) is 15.5. The van der Waals surface area contributed by atoms with Gasteiger partial charge >= 0.3 is 0 Å². The molecule has 0 spiro atoms. The van der Waals surface area contributed by atoms with E-state index in [1.807, 2.05) is 0 Å². The van der Waals surface area contributed by atoms with Gasteiger partial charge < -0.3 is 10.8 Å². The zero-order chi connectivity index (χ0) is 17.4. The van der Waals surface area contributed by atoms with Crippen LogP contribution in [0.25, 0.3) is 0 Å². The smallest absolute Gasteiger partial charge is 0.249 e. The number of carbonyl (C=O) groups excluding carboxylic acids is 1. The summed E-state index contributed by atoms with van der Waals surface area (Å²) in [7, 11) is 0. The Kier molecular flexibility index (Phi) is 14.2. The zero-order valence-electron chi connectivity index (χ0n) is 15.5. The van der Waals surface area contributed by atoms with Gasteiger partial charge in [0.15, 0.2) is 0 Å². The van der Waals surface area contributed by atoms with Gasteiger partial charge in [0, 0.05) is 0 Å². The fourth-order valence-corrected chi connectivity index (χ4v) is 2.79. The van der Waals surface area contributed by atoms with E-state index in [9.17, 15) is 9.90 Å². The SMILES string of the molecule is CCCCCCCCC=CCCCCCCC(O)(CC)C(N)=O. The molecule has 0 radical (unpaired) electrons. The number of amides is 1. The fourth-order valence-electron chi connectivity index (χ4n) is 2.79. The molecule has 3 heteroatoms. The molecular formula is C20H39NO2. The molecule has 0 aliphatic rings. The normalized spacial score (nSPS) is 14.2. The average Bonchev–Trinajstić information content (AvgIpc) is 2.54. The van der Waals surface area contributed by atoms with Gasteiger partial charge in [-0.2, -0.15) is 0 Å². The van der Waals surface area contributed by atoms with Crippen molar-refractivity contribution >= 4 is 5.91 Å². The maximum absolute atomic E-state index is 11.2. The maximum atomic E-state index is 11.2. The molecule has 136 valence electrons. The van der Waals surface area contributed by atoms with Crippen LogP contribution in [0.4, 0.5) is 0 Å². The first kappa shape index (κ1) is 22.2. The van der Waals surface area contributed by atoms with E-state index in [4.69, 9.17) is 5.73 Å². The standard InChI is InChI=1S/C20H39NO2/c1-3-5-6-7-8-9-10-11-12-13-14-15-16-17-18-20(23,4-2)19(21)22/h11-12,23H,3-10,13-18H2,1-2H3,(H2,21,22). The molecule has 0 aromatic carbocycles. The van der Waals surface area contributed by atoms with E-state index >= 15 is 0 Å². The van der Waals surface area contributed by atoms with Crippen LogP contribution in [0.15, 0.2) is 12.2 Å². The van der Waals surface area contributed by atoms with Crippen molar-refractivity contribution in [2.75, 3.05) is 0 Å². The summed E-state index contributed by atoms with van der Waals surface area (Å²) >= 11 is 0. The monoisotopic (exact) mass is 325 g/mol. The average molecular weight is 326 g/mol. The Morgan fingerprint density at radius 3 is 1.83 bits per heavy atom. The minimum Gasteiger partial charge on any atom is -0.380 e. The van der Waals surface area contributed by atoms with Crippen LogP contribution in [0.3, 0.4) is 0 Å². The molecule has 0 saturated heterocycles. The molecule has 0 heterocycles. The molecule has 0 aliphatic carbocycles. The van der Waals surface area contributed by atoms with Crippen LogP contribution in [-0.4, -0.2) is 16.6 Å². The topological polar surface area (TPSA) is 63.3 Å². The third kappa shape index (κ3) is 12.3. The predicted octanol–water partition coefficient (Wildman–Crippen LogP) is 5.26. The van der Waals surface area contributed by atoms with Crippen LogP contribution in [0.2, 0.25) is 0 Å². The van der Waals surface area contributed by atoms with Gasteiger partial charge in [0.25, 0.3) is 0 Å². The highest BCUT2D eigenvalue weighted by atomic mass is 16.3. The van der Waals surface area contributed by atoms with Gasteiger partial charge in [-0.25, -0.2) is 0 Å². The summed E-state index contributed by atoms with van der Waals surface area (Å²) in [6, 6.07) is 0. The van der Waals surface area contributed by atoms with E-state index < -0.39 is 11.5 Å². The highest BCUT2D eigenvalue weighted by Crippen LogP contribution is 2.19. The first-order chi connectivity index (χ1) is 11.1. The molecule has 23 heavy (non-hydrogen) atoms. The Balaban J connectivity index is 3.39. The number of hydrogen-bond donors (Lipinski definition) is 2. The third-order valence-corrected chi connectivity index (χ3v) is 4.65. The van der Waals surface area contributed by atoms with Crippen LogP contribution >= 0.6 is 0 Å².